The van der Waals surface area contributed by atoms with Crippen molar-refractivity contribution in [1.82, 2.24) is 24.9 Å². The Hall–Kier alpha value is -2.68. The molecule has 1 aliphatic carbocycles. The Morgan fingerprint density at radius 3 is 2.13 bits per heavy atom. The molecule has 1 fully saturated rings. The van der Waals surface area contributed by atoms with Gasteiger partial charge in [0.15, 0.2) is 5.82 Å². The van der Waals surface area contributed by atoms with Gasteiger partial charge in [-0.15, -0.1) is 11.8 Å². The number of alkyl halides is 13. The highest BCUT2D eigenvalue weighted by Crippen LogP contribution is 2.60. The third kappa shape index (κ3) is 6.54. The van der Waals surface area contributed by atoms with E-state index in [1.807, 2.05) is 0 Å². The highest BCUT2D eigenvalue weighted by molar-refractivity contribution is 9.10. The average molecular weight is 799 g/mol. The SMILES string of the molecule is Cn1nc(SCCC(F)(F)C(F)(F)C(F)(F)C(F)(F)C(F)(F)C(F)(F)F)c(Br)c1-n1cc(-c2ccc(Cl)c(C(=O)NC3CC3)c2)cn1. The lowest BCUT2D eigenvalue weighted by atomic mass is 9.93. The van der Waals surface area contributed by atoms with E-state index in [1.165, 1.54) is 36.3 Å². The van der Waals surface area contributed by atoms with Crippen LogP contribution in [0.1, 0.15) is 29.6 Å². The summed E-state index contributed by atoms with van der Waals surface area (Å²) in [5, 5.41) is 10.9. The van der Waals surface area contributed by atoms with Gasteiger partial charge in [-0.2, -0.15) is 67.3 Å². The Balaban J connectivity index is 1.50. The second-order valence-electron chi connectivity index (χ2n) is 10.3. The molecular formula is C25H18BrClF13N5OS. The minimum atomic E-state index is -7.95. The molecule has 1 N–H and O–H groups in total. The van der Waals surface area contributed by atoms with Crippen molar-refractivity contribution < 1.29 is 61.9 Å². The Labute approximate surface area is 273 Å². The number of hydrogen-bond donors (Lipinski definition) is 1. The number of aromatic nitrogens is 4. The van der Waals surface area contributed by atoms with E-state index in [1.54, 1.807) is 6.07 Å². The molecule has 1 aliphatic rings. The van der Waals surface area contributed by atoms with Crippen molar-refractivity contribution in [2.75, 3.05) is 5.75 Å². The summed E-state index contributed by atoms with van der Waals surface area (Å²) in [6.07, 6.45) is -5.33. The van der Waals surface area contributed by atoms with Gasteiger partial charge in [-0.25, -0.2) is 9.36 Å². The largest absolute Gasteiger partial charge is 0.460 e. The van der Waals surface area contributed by atoms with E-state index in [0.717, 1.165) is 17.5 Å². The Morgan fingerprint density at radius 1 is 0.957 bits per heavy atom. The third-order valence-corrected chi connectivity index (χ3v) is 9.13. The Morgan fingerprint density at radius 2 is 1.55 bits per heavy atom. The number of hydrogen-bond acceptors (Lipinski definition) is 4. The Bertz CT molecular complexity index is 1660. The molecule has 2 heterocycles. The van der Waals surface area contributed by atoms with E-state index in [-0.39, 0.29) is 49.6 Å². The van der Waals surface area contributed by atoms with Gasteiger partial charge in [-0.05, 0) is 46.5 Å². The summed E-state index contributed by atoms with van der Waals surface area (Å²) in [5.74, 6) is -38.7. The van der Waals surface area contributed by atoms with Crippen LogP contribution in [0.3, 0.4) is 0 Å². The molecule has 0 spiro atoms. The molecule has 4 rings (SSSR count). The van der Waals surface area contributed by atoms with Gasteiger partial charge < -0.3 is 5.32 Å². The lowest BCUT2D eigenvalue weighted by molar-refractivity contribution is -0.439. The van der Waals surface area contributed by atoms with Gasteiger partial charge in [0.25, 0.3) is 5.91 Å². The van der Waals surface area contributed by atoms with Gasteiger partial charge in [0.1, 0.15) is 5.03 Å². The Kier molecular flexibility index (Phi) is 9.75. The highest BCUT2D eigenvalue weighted by atomic mass is 79.9. The summed E-state index contributed by atoms with van der Waals surface area (Å²) >= 11 is 9.49. The molecule has 6 nitrogen and oxygen atoms in total. The van der Waals surface area contributed by atoms with Gasteiger partial charge >= 0.3 is 35.8 Å². The summed E-state index contributed by atoms with van der Waals surface area (Å²) in [6.45, 7) is 0. The number of nitrogens with zero attached hydrogens (tertiary/aromatic N) is 4. The van der Waals surface area contributed by atoms with E-state index in [0.29, 0.717) is 11.1 Å². The topological polar surface area (TPSA) is 64.7 Å². The number of carbonyl (C=O) groups is 1. The van der Waals surface area contributed by atoms with Crippen LogP contribution in [-0.2, 0) is 7.05 Å². The molecule has 260 valence electrons. The molecule has 0 saturated heterocycles. The second-order valence-corrected chi connectivity index (χ2v) is 12.6. The van der Waals surface area contributed by atoms with Crippen LogP contribution in [0.2, 0.25) is 5.02 Å². The normalized spacial score (nSPS) is 15.3. The predicted octanol–water partition coefficient (Wildman–Crippen LogP) is 8.80. The van der Waals surface area contributed by atoms with E-state index in [4.69, 9.17) is 11.6 Å². The fourth-order valence-corrected chi connectivity index (χ4v) is 6.01. The fourth-order valence-electron chi connectivity index (χ4n) is 4.00. The minimum Gasteiger partial charge on any atom is -0.349 e. The van der Waals surface area contributed by atoms with Crippen LogP contribution in [0.4, 0.5) is 57.1 Å². The smallest absolute Gasteiger partial charge is 0.349 e. The van der Waals surface area contributed by atoms with Crippen LogP contribution in [0.15, 0.2) is 40.1 Å². The maximum atomic E-state index is 14.2. The summed E-state index contributed by atoms with van der Waals surface area (Å²) in [6, 6.07) is 4.66. The molecule has 22 heteroatoms. The number of aryl methyl sites for hydroxylation is 1. The third-order valence-electron chi connectivity index (χ3n) is 6.84. The van der Waals surface area contributed by atoms with E-state index in [2.05, 4.69) is 31.4 Å². The van der Waals surface area contributed by atoms with Gasteiger partial charge in [0.05, 0.1) is 21.3 Å². The maximum Gasteiger partial charge on any atom is 0.460 e. The number of amides is 1. The zero-order chi connectivity index (χ0) is 35.5. The average Bonchev–Trinajstić information content (AvgIpc) is 3.55. The molecule has 1 amide bonds. The van der Waals surface area contributed by atoms with Gasteiger partial charge in [0.2, 0.25) is 0 Å². The zero-order valence-corrected chi connectivity index (χ0v) is 26.2. The van der Waals surface area contributed by atoms with Crippen LogP contribution in [0, 0.1) is 0 Å². The molecular weight excluding hydrogens is 781 g/mol. The molecule has 2 aromatic heterocycles. The van der Waals surface area contributed by atoms with Gasteiger partial charge in [-0.1, -0.05) is 17.7 Å². The molecule has 0 bridgehead atoms. The van der Waals surface area contributed by atoms with E-state index in [9.17, 15) is 61.9 Å². The summed E-state index contributed by atoms with van der Waals surface area (Å²) in [4.78, 5) is 12.5. The molecule has 1 saturated carbocycles. The molecule has 3 aromatic rings. The maximum absolute atomic E-state index is 14.2. The molecule has 0 unspecified atom stereocenters. The monoisotopic (exact) mass is 797 g/mol. The first-order valence-corrected chi connectivity index (χ1v) is 15.0. The highest BCUT2D eigenvalue weighted by Gasteiger charge is 2.90. The lowest BCUT2D eigenvalue weighted by Crippen LogP contribution is -2.70. The van der Waals surface area contributed by atoms with Crippen molar-refractivity contribution in [2.24, 2.45) is 7.05 Å². The fraction of sp³-hybridized carbons (Fsp3) is 0.480. The number of rotatable bonds is 12. The number of thioether (sulfide) groups is 1. The van der Waals surface area contributed by atoms with E-state index >= 15 is 0 Å². The lowest BCUT2D eigenvalue weighted by Gasteiger charge is -2.39. The van der Waals surface area contributed by atoms with Crippen LogP contribution in [-0.4, -0.2) is 73.1 Å². The number of nitrogens with one attached hydrogen (secondary N) is 1. The summed E-state index contributed by atoms with van der Waals surface area (Å²) in [5.41, 5.74) is 1.16. The van der Waals surface area contributed by atoms with Gasteiger partial charge in [-0.3, -0.25) is 4.79 Å². The molecule has 1 aromatic carbocycles. The predicted molar refractivity (Wildman–Crippen MR) is 145 cm³/mol. The number of benzene rings is 1. The van der Waals surface area contributed by atoms with Gasteiger partial charge in [0, 0.05) is 37.0 Å². The molecule has 0 aliphatic heterocycles. The van der Waals surface area contributed by atoms with Crippen LogP contribution in [0.5, 0.6) is 0 Å². The van der Waals surface area contributed by atoms with E-state index < -0.39 is 48.0 Å². The van der Waals surface area contributed by atoms with Crippen LogP contribution < -0.4 is 5.32 Å². The zero-order valence-electron chi connectivity index (χ0n) is 23.1. The number of carbonyl (C=O) groups excluding carboxylic acids is 1. The van der Waals surface area contributed by atoms with Crippen molar-refractivity contribution in [1.29, 1.82) is 0 Å². The van der Waals surface area contributed by atoms with Crippen LogP contribution >= 0.6 is 39.3 Å². The standard InChI is InChI=1S/C25H18BrClF13N5OS/c1-44-19(45-10-12(9-41-45)11-2-5-15(27)14(8-11)17(46)42-13-3-4-13)16(26)18(43-44)47-7-6-20(28,29)21(30,31)22(32,33)23(34,35)24(36,37)25(38,39)40/h2,5,8-10,13H,3-4,6-7H2,1H3,(H,42,46). The van der Waals surface area contributed by atoms with Crippen molar-refractivity contribution in [3.05, 3.63) is 45.7 Å². The first-order valence-electron chi connectivity index (χ1n) is 12.8. The van der Waals surface area contributed by atoms with Crippen molar-refractivity contribution in [3.63, 3.8) is 0 Å². The molecule has 47 heavy (non-hydrogen) atoms. The first kappa shape index (κ1) is 37.1. The summed E-state index contributed by atoms with van der Waals surface area (Å²) in [7, 11) is 1.33. The van der Waals surface area contributed by atoms with Crippen molar-refractivity contribution in [3.8, 4) is 16.9 Å². The minimum absolute atomic E-state index is 0.00276. The first-order chi connectivity index (χ1) is 21.4. The van der Waals surface area contributed by atoms with Crippen molar-refractivity contribution >= 4 is 45.2 Å². The molecule has 0 atom stereocenters. The quantitative estimate of drug-likeness (QED) is 0.147. The molecule has 0 radical (unpaired) electrons. The van der Waals surface area contributed by atoms with Crippen LogP contribution in [0.25, 0.3) is 16.9 Å². The second kappa shape index (κ2) is 12.3. The number of halogens is 15. The summed E-state index contributed by atoms with van der Waals surface area (Å²) < 4.78 is 176. The van der Waals surface area contributed by atoms with Crippen molar-refractivity contribution in [2.45, 2.75) is 66.1 Å².